The molecule has 1 aromatic carbocycles. The van der Waals surface area contributed by atoms with Gasteiger partial charge in [0.1, 0.15) is 11.4 Å². The molecule has 27 heavy (non-hydrogen) atoms. The lowest BCUT2D eigenvalue weighted by Gasteiger charge is -2.40. The van der Waals surface area contributed by atoms with Crippen LogP contribution in [0.15, 0.2) is 59.4 Å². The second-order valence-electron chi connectivity index (χ2n) is 6.85. The van der Waals surface area contributed by atoms with E-state index in [0.29, 0.717) is 6.04 Å². The van der Waals surface area contributed by atoms with Crippen molar-refractivity contribution in [3.63, 3.8) is 0 Å². The van der Waals surface area contributed by atoms with E-state index in [2.05, 4.69) is 39.0 Å². The van der Waals surface area contributed by atoms with Gasteiger partial charge in [-0.3, -0.25) is 9.88 Å². The zero-order chi connectivity index (χ0) is 18.6. The molecular formula is C21H24N4O2. The van der Waals surface area contributed by atoms with Crippen LogP contribution >= 0.6 is 0 Å². The maximum atomic E-state index is 5.57. The topological polar surface area (TPSA) is 54.6 Å². The summed E-state index contributed by atoms with van der Waals surface area (Å²) in [7, 11) is 1.73. The van der Waals surface area contributed by atoms with Crippen LogP contribution in [0.1, 0.15) is 12.7 Å². The lowest BCUT2D eigenvalue weighted by Crippen LogP contribution is -2.51. The van der Waals surface area contributed by atoms with Crippen molar-refractivity contribution in [2.24, 2.45) is 0 Å². The predicted octanol–water partition coefficient (Wildman–Crippen LogP) is 3.46. The lowest BCUT2D eigenvalue weighted by molar-refractivity contribution is 0.162. The molecule has 0 saturated carbocycles. The number of benzene rings is 1. The van der Waals surface area contributed by atoms with Gasteiger partial charge in [-0.1, -0.05) is 17.3 Å². The van der Waals surface area contributed by atoms with Crippen LogP contribution in [0, 0.1) is 0 Å². The quantitative estimate of drug-likeness (QED) is 0.691. The molecule has 6 heteroatoms. The summed E-state index contributed by atoms with van der Waals surface area (Å²) in [5, 5.41) is 4.21. The van der Waals surface area contributed by atoms with Crippen molar-refractivity contribution in [1.82, 2.24) is 15.0 Å². The van der Waals surface area contributed by atoms with Crippen LogP contribution in [0.25, 0.3) is 11.3 Å². The third-order valence-corrected chi connectivity index (χ3v) is 5.08. The Morgan fingerprint density at radius 2 is 1.96 bits per heavy atom. The smallest absolute Gasteiger partial charge is 0.151 e. The average molecular weight is 364 g/mol. The predicted molar refractivity (Wildman–Crippen MR) is 105 cm³/mol. The number of methoxy groups -OCH3 is 1. The van der Waals surface area contributed by atoms with Crippen LogP contribution in [0.2, 0.25) is 0 Å². The molecule has 3 aromatic rings. The Hall–Kier alpha value is -2.86. The maximum Gasteiger partial charge on any atom is 0.151 e. The molecule has 1 aliphatic rings. The summed E-state index contributed by atoms with van der Waals surface area (Å²) in [6, 6.07) is 14.5. The number of ether oxygens (including phenoxy) is 1. The molecule has 4 rings (SSSR count). The first-order valence-electron chi connectivity index (χ1n) is 9.22. The van der Waals surface area contributed by atoms with E-state index < -0.39 is 0 Å². The van der Waals surface area contributed by atoms with Gasteiger partial charge in [0, 0.05) is 49.7 Å². The number of piperazine rings is 1. The van der Waals surface area contributed by atoms with E-state index in [4.69, 9.17) is 9.26 Å². The summed E-state index contributed by atoms with van der Waals surface area (Å²) in [6.45, 7) is 5.88. The van der Waals surface area contributed by atoms with Crippen LogP contribution in [0.5, 0.6) is 5.75 Å². The number of aromatic nitrogens is 2. The van der Waals surface area contributed by atoms with Gasteiger partial charge < -0.3 is 14.2 Å². The third kappa shape index (κ3) is 3.80. The highest BCUT2D eigenvalue weighted by molar-refractivity contribution is 5.59. The minimum absolute atomic E-state index is 0.401. The van der Waals surface area contributed by atoms with E-state index in [1.54, 1.807) is 19.5 Å². The SMILES string of the molecule is COc1ccccc1N1CCN(Cc2cc(-c3ccncc3)no2)C(C)C1. The molecule has 3 heterocycles. The van der Waals surface area contributed by atoms with Crippen molar-refractivity contribution in [3.8, 4) is 17.0 Å². The number of hydrogen-bond donors (Lipinski definition) is 0. The molecule has 1 saturated heterocycles. The van der Waals surface area contributed by atoms with Crippen molar-refractivity contribution in [3.05, 3.63) is 60.6 Å². The molecule has 1 unspecified atom stereocenters. The minimum atomic E-state index is 0.401. The summed E-state index contributed by atoms with van der Waals surface area (Å²) in [6.07, 6.45) is 3.53. The standard InChI is InChI=1S/C21H24N4O2/c1-16-14-25(20-5-3-4-6-21(20)26-2)12-11-24(16)15-18-13-19(23-27-18)17-7-9-22-10-8-17/h3-10,13,16H,11-12,14-15H2,1-2H3. The highest BCUT2D eigenvalue weighted by Crippen LogP contribution is 2.30. The normalized spacial score (nSPS) is 17.9. The summed E-state index contributed by atoms with van der Waals surface area (Å²) < 4.78 is 11.1. The lowest BCUT2D eigenvalue weighted by atomic mass is 10.1. The van der Waals surface area contributed by atoms with E-state index in [1.165, 1.54) is 0 Å². The zero-order valence-corrected chi connectivity index (χ0v) is 15.7. The molecule has 140 valence electrons. The Bertz CT molecular complexity index is 881. The molecule has 0 amide bonds. The molecule has 6 nitrogen and oxygen atoms in total. The molecule has 0 spiro atoms. The first-order valence-corrected chi connectivity index (χ1v) is 9.22. The number of rotatable bonds is 5. The van der Waals surface area contributed by atoms with Gasteiger partial charge in [0.15, 0.2) is 5.76 Å². The number of anilines is 1. The number of pyridine rings is 1. The Morgan fingerprint density at radius 1 is 1.15 bits per heavy atom. The van der Waals surface area contributed by atoms with Gasteiger partial charge >= 0.3 is 0 Å². The van der Waals surface area contributed by atoms with E-state index in [0.717, 1.165) is 54.6 Å². The largest absolute Gasteiger partial charge is 0.495 e. The van der Waals surface area contributed by atoms with Gasteiger partial charge in [0.25, 0.3) is 0 Å². The Labute approximate surface area is 159 Å². The Balaban J connectivity index is 1.41. The average Bonchev–Trinajstić information content (AvgIpc) is 3.19. The Morgan fingerprint density at radius 3 is 2.74 bits per heavy atom. The van der Waals surface area contributed by atoms with Crippen LogP contribution in [-0.2, 0) is 6.54 Å². The van der Waals surface area contributed by atoms with E-state index in [1.807, 2.05) is 30.3 Å². The molecule has 0 bridgehead atoms. The van der Waals surface area contributed by atoms with Gasteiger partial charge in [0.05, 0.1) is 19.3 Å². The van der Waals surface area contributed by atoms with Crippen molar-refractivity contribution in [2.75, 3.05) is 31.6 Å². The summed E-state index contributed by atoms with van der Waals surface area (Å²) >= 11 is 0. The van der Waals surface area contributed by atoms with Gasteiger partial charge in [-0.2, -0.15) is 0 Å². The molecular weight excluding hydrogens is 340 g/mol. The van der Waals surface area contributed by atoms with Crippen LogP contribution in [0.3, 0.4) is 0 Å². The van der Waals surface area contributed by atoms with Crippen LogP contribution in [0.4, 0.5) is 5.69 Å². The maximum absolute atomic E-state index is 5.57. The van der Waals surface area contributed by atoms with Gasteiger partial charge in [0.2, 0.25) is 0 Å². The second kappa shape index (κ2) is 7.80. The highest BCUT2D eigenvalue weighted by atomic mass is 16.5. The molecule has 0 aliphatic carbocycles. The number of para-hydroxylation sites is 2. The van der Waals surface area contributed by atoms with E-state index in [-0.39, 0.29) is 0 Å². The van der Waals surface area contributed by atoms with Gasteiger partial charge in [-0.25, -0.2) is 0 Å². The van der Waals surface area contributed by atoms with Crippen molar-refractivity contribution >= 4 is 5.69 Å². The van der Waals surface area contributed by atoms with Crippen molar-refractivity contribution < 1.29 is 9.26 Å². The number of hydrogen-bond acceptors (Lipinski definition) is 6. The zero-order valence-electron chi connectivity index (χ0n) is 15.7. The fourth-order valence-electron chi connectivity index (χ4n) is 3.59. The summed E-state index contributed by atoms with van der Waals surface area (Å²) in [4.78, 5) is 8.87. The molecule has 1 aliphatic heterocycles. The minimum Gasteiger partial charge on any atom is -0.495 e. The first-order chi connectivity index (χ1) is 13.2. The van der Waals surface area contributed by atoms with Crippen LogP contribution < -0.4 is 9.64 Å². The first kappa shape index (κ1) is 17.5. The Kier molecular flexibility index (Phi) is 5.07. The molecule has 0 N–H and O–H groups in total. The van der Waals surface area contributed by atoms with Gasteiger partial charge in [-0.05, 0) is 31.2 Å². The summed E-state index contributed by atoms with van der Waals surface area (Å²) in [5.41, 5.74) is 3.04. The van der Waals surface area contributed by atoms with Crippen molar-refractivity contribution in [1.29, 1.82) is 0 Å². The monoisotopic (exact) mass is 364 g/mol. The number of nitrogens with zero attached hydrogens (tertiary/aromatic N) is 4. The fourth-order valence-corrected chi connectivity index (χ4v) is 3.59. The van der Waals surface area contributed by atoms with Gasteiger partial charge in [-0.15, -0.1) is 0 Å². The third-order valence-electron chi connectivity index (χ3n) is 5.08. The second-order valence-corrected chi connectivity index (χ2v) is 6.85. The molecule has 1 atom stereocenters. The fraction of sp³-hybridized carbons (Fsp3) is 0.333. The molecule has 0 radical (unpaired) electrons. The summed E-state index contributed by atoms with van der Waals surface area (Å²) in [5.74, 6) is 1.81. The van der Waals surface area contributed by atoms with Crippen molar-refractivity contribution in [2.45, 2.75) is 19.5 Å². The van der Waals surface area contributed by atoms with Crippen LogP contribution in [-0.4, -0.2) is 47.8 Å². The van der Waals surface area contributed by atoms with E-state index in [9.17, 15) is 0 Å². The molecule has 1 fully saturated rings. The van der Waals surface area contributed by atoms with E-state index >= 15 is 0 Å². The highest BCUT2D eigenvalue weighted by Gasteiger charge is 2.26. The molecule has 2 aromatic heterocycles.